The van der Waals surface area contributed by atoms with E-state index in [1.165, 1.54) is 19.2 Å². The summed E-state index contributed by atoms with van der Waals surface area (Å²) in [6.45, 7) is 0. The normalized spacial score (nSPS) is 10.4. The van der Waals surface area contributed by atoms with Gasteiger partial charge in [0.15, 0.2) is 0 Å². The van der Waals surface area contributed by atoms with Gasteiger partial charge in [-0.1, -0.05) is 0 Å². The molecule has 0 N–H and O–H groups in total. The highest BCUT2D eigenvalue weighted by Gasteiger charge is 2.23. The van der Waals surface area contributed by atoms with Gasteiger partial charge in [0, 0.05) is 10.8 Å². The maximum atomic E-state index is 11.4. The highest BCUT2D eigenvalue weighted by atomic mass is 32.1. The zero-order valence-electron chi connectivity index (χ0n) is 9.48. The SMILES string of the molecule is COC(=O)c1cc2c([N+](=O)[O-])cc([N+](=O)[O-])cc2s1. The van der Waals surface area contributed by atoms with Crippen LogP contribution in [0.2, 0.25) is 0 Å². The summed E-state index contributed by atoms with van der Waals surface area (Å²) in [6.07, 6.45) is 0. The molecule has 0 radical (unpaired) electrons. The lowest BCUT2D eigenvalue weighted by Crippen LogP contribution is -1.96. The average molecular weight is 282 g/mol. The topological polar surface area (TPSA) is 113 Å². The van der Waals surface area contributed by atoms with Crippen LogP contribution in [0, 0.1) is 20.2 Å². The van der Waals surface area contributed by atoms with E-state index in [1.807, 2.05) is 0 Å². The quantitative estimate of drug-likeness (QED) is 0.485. The Morgan fingerprint density at radius 1 is 1.21 bits per heavy atom. The molecule has 0 saturated heterocycles. The van der Waals surface area contributed by atoms with Crippen LogP contribution in [0.15, 0.2) is 18.2 Å². The molecule has 0 aliphatic carbocycles. The van der Waals surface area contributed by atoms with Gasteiger partial charge in [0.05, 0.1) is 28.4 Å². The monoisotopic (exact) mass is 282 g/mol. The Morgan fingerprint density at radius 2 is 1.89 bits per heavy atom. The molecule has 0 saturated carbocycles. The summed E-state index contributed by atoms with van der Waals surface area (Å²) in [5, 5.41) is 21.8. The summed E-state index contributed by atoms with van der Waals surface area (Å²) in [7, 11) is 1.18. The number of benzene rings is 1. The maximum Gasteiger partial charge on any atom is 0.348 e. The van der Waals surface area contributed by atoms with Crippen molar-refractivity contribution in [2.24, 2.45) is 0 Å². The van der Waals surface area contributed by atoms with E-state index >= 15 is 0 Å². The molecule has 8 nitrogen and oxygen atoms in total. The molecule has 19 heavy (non-hydrogen) atoms. The molecule has 98 valence electrons. The largest absolute Gasteiger partial charge is 0.465 e. The molecule has 2 rings (SSSR count). The van der Waals surface area contributed by atoms with Crippen molar-refractivity contribution in [3.8, 4) is 0 Å². The summed E-state index contributed by atoms with van der Waals surface area (Å²) in [6, 6.07) is 3.36. The Morgan fingerprint density at radius 3 is 2.42 bits per heavy atom. The molecule has 9 heteroatoms. The van der Waals surface area contributed by atoms with E-state index in [9.17, 15) is 25.0 Å². The van der Waals surface area contributed by atoms with Gasteiger partial charge in [-0.15, -0.1) is 11.3 Å². The molecule has 1 aromatic carbocycles. The van der Waals surface area contributed by atoms with Gasteiger partial charge >= 0.3 is 5.97 Å². The summed E-state index contributed by atoms with van der Waals surface area (Å²) in [5.74, 6) is -0.641. The molecule has 0 atom stereocenters. The summed E-state index contributed by atoms with van der Waals surface area (Å²) >= 11 is 0.910. The lowest BCUT2D eigenvalue weighted by molar-refractivity contribution is -0.393. The minimum Gasteiger partial charge on any atom is -0.465 e. The number of thiophene rings is 1. The Labute approximate surface area is 109 Å². The van der Waals surface area contributed by atoms with Crippen molar-refractivity contribution in [2.75, 3.05) is 7.11 Å². The number of rotatable bonds is 3. The van der Waals surface area contributed by atoms with Crippen LogP contribution in [0.1, 0.15) is 9.67 Å². The standard InChI is InChI=1S/C10H6N2O6S/c1-18-10(13)9-4-6-7(12(16)17)2-5(11(14)15)3-8(6)19-9/h2-4H,1H3. The van der Waals surface area contributed by atoms with E-state index in [1.54, 1.807) is 0 Å². The van der Waals surface area contributed by atoms with E-state index in [-0.39, 0.29) is 10.3 Å². The molecule has 0 aliphatic heterocycles. The number of nitrogens with zero attached hydrogens (tertiary/aromatic N) is 2. The number of nitro benzene ring substituents is 2. The lowest BCUT2D eigenvalue weighted by atomic mass is 10.2. The first-order valence-corrected chi connectivity index (χ1v) is 5.70. The van der Waals surface area contributed by atoms with Crippen molar-refractivity contribution >= 4 is 38.8 Å². The van der Waals surface area contributed by atoms with Gasteiger partial charge in [-0.25, -0.2) is 4.79 Å². The Balaban J connectivity index is 2.75. The van der Waals surface area contributed by atoms with E-state index < -0.39 is 27.2 Å². The Kier molecular flexibility index (Phi) is 3.13. The van der Waals surface area contributed by atoms with Crippen molar-refractivity contribution in [1.82, 2.24) is 0 Å². The van der Waals surface area contributed by atoms with E-state index in [4.69, 9.17) is 0 Å². The van der Waals surface area contributed by atoms with Crippen molar-refractivity contribution in [3.05, 3.63) is 43.3 Å². The molecular formula is C10H6N2O6S. The summed E-state index contributed by atoms with van der Waals surface area (Å²) in [4.78, 5) is 31.7. The van der Waals surface area contributed by atoms with Crippen LogP contribution in [0.4, 0.5) is 11.4 Å². The second kappa shape index (κ2) is 4.61. The van der Waals surface area contributed by atoms with Crippen LogP contribution in [-0.2, 0) is 4.74 Å². The van der Waals surface area contributed by atoms with Crippen LogP contribution in [0.3, 0.4) is 0 Å². The smallest absolute Gasteiger partial charge is 0.348 e. The van der Waals surface area contributed by atoms with E-state index in [0.717, 1.165) is 17.4 Å². The molecule has 0 amide bonds. The highest BCUT2D eigenvalue weighted by Crippen LogP contribution is 2.36. The number of hydrogen-bond donors (Lipinski definition) is 0. The van der Waals surface area contributed by atoms with Gasteiger partial charge in [0.25, 0.3) is 11.4 Å². The summed E-state index contributed by atoms with van der Waals surface area (Å²) in [5.41, 5.74) is -0.798. The van der Waals surface area contributed by atoms with Crippen LogP contribution >= 0.6 is 11.3 Å². The zero-order valence-corrected chi connectivity index (χ0v) is 10.3. The van der Waals surface area contributed by atoms with Gasteiger partial charge in [-0.2, -0.15) is 0 Å². The predicted molar refractivity (Wildman–Crippen MR) is 66.5 cm³/mol. The van der Waals surface area contributed by atoms with Crippen LogP contribution in [0.25, 0.3) is 10.1 Å². The third kappa shape index (κ3) is 2.22. The first kappa shape index (κ1) is 12.9. The van der Waals surface area contributed by atoms with E-state index in [2.05, 4.69) is 4.74 Å². The van der Waals surface area contributed by atoms with Crippen LogP contribution < -0.4 is 0 Å². The van der Waals surface area contributed by atoms with Crippen molar-refractivity contribution in [1.29, 1.82) is 0 Å². The van der Waals surface area contributed by atoms with Gasteiger partial charge in [0.1, 0.15) is 4.88 Å². The van der Waals surface area contributed by atoms with Crippen molar-refractivity contribution in [2.45, 2.75) is 0 Å². The van der Waals surface area contributed by atoms with E-state index in [0.29, 0.717) is 4.70 Å². The van der Waals surface area contributed by atoms with Crippen molar-refractivity contribution < 1.29 is 19.4 Å². The van der Waals surface area contributed by atoms with Gasteiger partial charge in [-0.3, -0.25) is 20.2 Å². The highest BCUT2D eigenvalue weighted by molar-refractivity contribution is 7.20. The first-order valence-electron chi connectivity index (χ1n) is 4.88. The number of nitro groups is 2. The second-order valence-corrected chi connectivity index (χ2v) is 4.58. The fourth-order valence-corrected chi connectivity index (χ4v) is 2.60. The number of ether oxygens (including phenoxy) is 1. The number of carbonyl (C=O) groups is 1. The molecular weight excluding hydrogens is 276 g/mol. The van der Waals surface area contributed by atoms with Gasteiger partial charge in [0.2, 0.25) is 0 Å². The summed E-state index contributed by atoms with van der Waals surface area (Å²) < 4.78 is 4.80. The molecule has 1 heterocycles. The number of methoxy groups -OCH3 is 1. The number of esters is 1. The van der Waals surface area contributed by atoms with Crippen LogP contribution in [0.5, 0.6) is 0 Å². The molecule has 0 unspecified atom stereocenters. The molecule has 1 aromatic heterocycles. The first-order chi connectivity index (χ1) is 8.93. The van der Waals surface area contributed by atoms with Gasteiger partial charge in [-0.05, 0) is 6.07 Å². The number of non-ortho nitro benzene ring substituents is 2. The fourth-order valence-electron chi connectivity index (χ4n) is 1.56. The number of fused-ring (bicyclic) bond motifs is 1. The maximum absolute atomic E-state index is 11.4. The minimum absolute atomic E-state index is 0.154. The Hall–Kier alpha value is -2.55. The third-order valence-corrected chi connectivity index (χ3v) is 3.46. The fraction of sp³-hybridized carbons (Fsp3) is 0.100. The average Bonchev–Trinajstić information content (AvgIpc) is 2.79. The molecule has 0 spiro atoms. The molecule has 0 fully saturated rings. The molecule has 0 bridgehead atoms. The Bertz CT molecular complexity index is 707. The zero-order chi connectivity index (χ0) is 14.2. The number of hydrogen-bond acceptors (Lipinski definition) is 7. The minimum atomic E-state index is -0.719. The third-order valence-electron chi connectivity index (χ3n) is 2.39. The van der Waals surface area contributed by atoms with Gasteiger partial charge < -0.3 is 4.74 Å². The number of carbonyl (C=O) groups excluding carboxylic acids is 1. The predicted octanol–water partition coefficient (Wildman–Crippen LogP) is 2.50. The molecule has 0 aliphatic rings. The molecule has 2 aromatic rings. The van der Waals surface area contributed by atoms with Crippen LogP contribution in [-0.4, -0.2) is 22.9 Å². The second-order valence-electron chi connectivity index (χ2n) is 3.49. The van der Waals surface area contributed by atoms with Crippen molar-refractivity contribution in [3.63, 3.8) is 0 Å². The lowest BCUT2D eigenvalue weighted by Gasteiger charge is -1.94.